The van der Waals surface area contributed by atoms with Gasteiger partial charge in [-0.05, 0) is 30.9 Å². The number of hydrogen-bond acceptors (Lipinski definition) is 4. The van der Waals surface area contributed by atoms with Crippen molar-refractivity contribution in [1.82, 2.24) is 0 Å². The fourth-order valence-corrected chi connectivity index (χ4v) is 1.80. The molecule has 1 saturated carbocycles. The van der Waals surface area contributed by atoms with E-state index < -0.39 is 4.92 Å². The lowest BCUT2D eigenvalue weighted by atomic mass is 10.1. The third kappa shape index (κ3) is 2.53. The molecule has 2 rings (SSSR count). The molecule has 1 aromatic rings. The maximum absolute atomic E-state index is 10.8. The molecule has 88 valence electrons. The van der Waals surface area contributed by atoms with Gasteiger partial charge in [0.05, 0.1) is 4.92 Å². The number of nitro groups is 1. The zero-order valence-electron chi connectivity index (χ0n) is 9.59. The van der Waals surface area contributed by atoms with Gasteiger partial charge in [0.2, 0.25) is 0 Å². The van der Waals surface area contributed by atoms with Gasteiger partial charge in [-0.1, -0.05) is 0 Å². The minimum Gasteiger partial charge on any atom is -0.374 e. The minimum absolute atomic E-state index is 0.110. The molecule has 0 atom stereocenters. The van der Waals surface area contributed by atoms with Crippen molar-refractivity contribution in [2.24, 2.45) is 5.92 Å². The van der Waals surface area contributed by atoms with Gasteiger partial charge < -0.3 is 4.90 Å². The molecule has 0 aromatic heterocycles. The van der Waals surface area contributed by atoms with Crippen molar-refractivity contribution in [3.63, 3.8) is 0 Å². The second kappa shape index (κ2) is 4.42. The highest BCUT2D eigenvalue weighted by molar-refractivity contribution is 5.60. The Balaban J connectivity index is 2.26. The number of nitro benzene ring substituents is 1. The van der Waals surface area contributed by atoms with Crippen molar-refractivity contribution in [3.8, 4) is 6.07 Å². The maximum Gasteiger partial charge on any atom is 0.289 e. The van der Waals surface area contributed by atoms with E-state index in [1.807, 2.05) is 18.0 Å². The van der Waals surface area contributed by atoms with Crippen LogP contribution in [-0.2, 0) is 0 Å². The summed E-state index contributed by atoms with van der Waals surface area (Å²) in [6.45, 7) is 0.920. The lowest BCUT2D eigenvalue weighted by Gasteiger charge is -2.18. The monoisotopic (exact) mass is 231 g/mol. The van der Waals surface area contributed by atoms with E-state index >= 15 is 0 Å². The Morgan fingerprint density at radius 2 is 2.29 bits per heavy atom. The lowest BCUT2D eigenvalue weighted by Crippen LogP contribution is -2.19. The fourth-order valence-electron chi connectivity index (χ4n) is 1.80. The third-order valence-electron chi connectivity index (χ3n) is 2.97. The van der Waals surface area contributed by atoms with Gasteiger partial charge in [0.1, 0.15) is 11.6 Å². The molecule has 1 aliphatic rings. The first-order chi connectivity index (χ1) is 8.11. The molecule has 5 nitrogen and oxygen atoms in total. The Hall–Kier alpha value is -2.09. The summed E-state index contributed by atoms with van der Waals surface area (Å²) in [5.74, 6) is 0.717. The molecule has 0 heterocycles. The Kier molecular flexibility index (Phi) is 2.96. The van der Waals surface area contributed by atoms with Gasteiger partial charge in [0, 0.05) is 25.3 Å². The SMILES string of the molecule is CN(CC1CC1)c1ccc(C#N)c([N+](=O)[O-])c1. The zero-order chi connectivity index (χ0) is 12.4. The first-order valence-electron chi connectivity index (χ1n) is 5.51. The summed E-state index contributed by atoms with van der Waals surface area (Å²) in [7, 11) is 1.92. The second-order valence-corrected chi connectivity index (χ2v) is 4.39. The molecule has 17 heavy (non-hydrogen) atoms. The van der Waals surface area contributed by atoms with Gasteiger partial charge in [-0.25, -0.2) is 0 Å². The van der Waals surface area contributed by atoms with Crippen LogP contribution in [0.5, 0.6) is 0 Å². The topological polar surface area (TPSA) is 70.2 Å². The molecular formula is C12H13N3O2. The Bertz CT molecular complexity index is 489. The van der Waals surface area contributed by atoms with E-state index in [-0.39, 0.29) is 11.3 Å². The van der Waals surface area contributed by atoms with Gasteiger partial charge in [-0.3, -0.25) is 10.1 Å². The van der Waals surface area contributed by atoms with E-state index in [0.717, 1.165) is 18.2 Å². The summed E-state index contributed by atoms with van der Waals surface area (Å²) in [4.78, 5) is 12.3. The van der Waals surface area contributed by atoms with Crippen LogP contribution < -0.4 is 4.90 Å². The molecule has 1 aliphatic carbocycles. The van der Waals surface area contributed by atoms with Gasteiger partial charge in [-0.15, -0.1) is 0 Å². The minimum atomic E-state index is -0.507. The lowest BCUT2D eigenvalue weighted by molar-refractivity contribution is -0.385. The summed E-state index contributed by atoms with van der Waals surface area (Å²) in [6, 6.07) is 6.58. The van der Waals surface area contributed by atoms with Crippen LogP contribution in [0.15, 0.2) is 18.2 Å². The molecule has 1 fully saturated rings. The van der Waals surface area contributed by atoms with Crippen LogP contribution in [0.1, 0.15) is 18.4 Å². The normalized spacial score (nSPS) is 14.1. The van der Waals surface area contributed by atoms with E-state index in [1.54, 1.807) is 6.07 Å². The van der Waals surface area contributed by atoms with Crippen LogP contribution in [0.3, 0.4) is 0 Å². The molecule has 0 bridgehead atoms. The predicted molar refractivity (Wildman–Crippen MR) is 63.8 cm³/mol. The van der Waals surface area contributed by atoms with Crippen LogP contribution >= 0.6 is 0 Å². The molecule has 0 spiro atoms. The molecule has 0 radical (unpaired) electrons. The first kappa shape index (κ1) is 11.4. The Morgan fingerprint density at radius 3 is 2.82 bits per heavy atom. The largest absolute Gasteiger partial charge is 0.374 e. The van der Waals surface area contributed by atoms with Crippen molar-refractivity contribution in [2.45, 2.75) is 12.8 Å². The van der Waals surface area contributed by atoms with Gasteiger partial charge in [0.15, 0.2) is 0 Å². The van der Waals surface area contributed by atoms with Crippen molar-refractivity contribution in [1.29, 1.82) is 5.26 Å². The van der Waals surface area contributed by atoms with Crippen LogP contribution in [0, 0.1) is 27.4 Å². The van der Waals surface area contributed by atoms with E-state index in [4.69, 9.17) is 5.26 Å². The molecule has 0 aliphatic heterocycles. The highest BCUT2D eigenvalue weighted by Gasteiger charge is 2.24. The summed E-state index contributed by atoms with van der Waals surface area (Å²) in [5, 5.41) is 19.6. The molecule has 1 aromatic carbocycles. The smallest absolute Gasteiger partial charge is 0.289 e. The van der Waals surface area contributed by atoms with E-state index in [9.17, 15) is 10.1 Å². The number of rotatable bonds is 4. The van der Waals surface area contributed by atoms with Crippen LogP contribution in [0.25, 0.3) is 0 Å². The fraction of sp³-hybridized carbons (Fsp3) is 0.417. The predicted octanol–water partition coefficient (Wildman–Crippen LogP) is 2.31. The summed E-state index contributed by atoms with van der Waals surface area (Å²) >= 11 is 0. The summed E-state index contributed by atoms with van der Waals surface area (Å²) in [5.41, 5.74) is 0.786. The maximum atomic E-state index is 10.8. The summed E-state index contributed by atoms with van der Waals surface area (Å²) in [6.07, 6.45) is 2.48. The molecule has 0 N–H and O–H groups in total. The number of benzene rings is 1. The standard InChI is InChI=1S/C12H13N3O2/c1-14(8-9-2-3-9)11-5-4-10(7-13)12(6-11)15(16)17/h4-6,9H,2-3,8H2,1H3. The third-order valence-corrected chi connectivity index (χ3v) is 2.97. The summed E-state index contributed by atoms with van der Waals surface area (Å²) < 4.78 is 0. The van der Waals surface area contributed by atoms with Gasteiger partial charge >= 0.3 is 0 Å². The van der Waals surface area contributed by atoms with E-state index in [1.165, 1.54) is 25.0 Å². The van der Waals surface area contributed by atoms with E-state index in [0.29, 0.717) is 0 Å². The first-order valence-corrected chi connectivity index (χ1v) is 5.51. The molecule has 0 unspecified atom stereocenters. The quantitative estimate of drug-likeness (QED) is 0.589. The molecular weight excluding hydrogens is 218 g/mol. The highest BCUT2D eigenvalue weighted by Crippen LogP contribution is 2.32. The molecule has 0 amide bonds. The Labute approximate surface area is 99.4 Å². The van der Waals surface area contributed by atoms with Crippen LogP contribution in [0.2, 0.25) is 0 Å². The zero-order valence-corrected chi connectivity index (χ0v) is 9.59. The van der Waals surface area contributed by atoms with Crippen LogP contribution in [0.4, 0.5) is 11.4 Å². The number of hydrogen-bond donors (Lipinski definition) is 0. The number of nitrogens with zero attached hydrogens (tertiary/aromatic N) is 3. The van der Waals surface area contributed by atoms with Crippen molar-refractivity contribution in [2.75, 3.05) is 18.5 Å². The van der Waals surface area contributed by atoms with Gasteiger partial charge in [0.25, 0.3) is 5.69 Å². The average Bonchev–Trinajstić information content (AvgIpc) is 3.11. The second-order valence-electron chi connectivity index (χ2n) is 4.39. The van der Waals surface area contributed by atoms with Crippen LogP contribution in [-0.4, -0.2) is 18.5 Å². The van der Waals surface area contributed by atoms with Crippen molar-refractivity contribution >= 4 is 11.4 Å². The van der Waals surface area contributed by atoms with Gasteiger partial charge in [-0.2, -0.15) is 5.26 Å². The number of nitriles is 1. The average molecular weight is 231 g/mol. The van der Waals surface area contributed by atoms with Crippen molar-refractivity contribution < 1.29 is 4.92 Å². The number of anilines is 1. The highest BCUT2D eigenvalue weighted by atomic mass is 16.6. The van der Waals surface area contributed by atoms with Crippen molar-refractivity contribution in [3.05, 3.63) is 33.9 Å². The van der Waals surface area contributed by atoms with E-state index in [2.05, 4.69) is 0 Å². The molecule has 5 heteroatoms. The molecule has 0 saturated heterocycles. The Morgan fingerprint density at radius 1 is 1.59 bits per heavy atom.